The van der Waals surface area contributed by atoms with Crippen LogP contribution in [-0.4, -0.2) is 102 Å². The fourth-order valence-corrected chi connectivity index (χ4v) is 8.77. The third kappa shape index (κ3) is 22.9. The number of hydrogen-bond acceptors (Lipinski definition) is 10. The Hall–Kier alpha value is -2.42. The molecule has 1 aliphatic rings. The number of rotatable bonds is 39. The van der Waals surface area contributed by atoms with Crippen LogP contribution in [0.2, 0.25) is 0 Å². The van der Waals surface area contributed by atoms with Gasteiger partial charge in [0.1, 0.15) is 36.6 Å². The van der Waals surface area contributed by atoms with E-state index >= 15 is 0 Å². The van der Waals surface area contributed by atoms with Gasteiger partial charge in [-0.2, -0.15) is 5.10 Å². The van der Waals surface area contributed by atoms with Gasteiger partial charge in [0.2, 0.25) is 5.91 Å². The highest BCUT2D eigenvalue weighted by Gasteiger charge is 2.44. The Bertz CT molecular complexity index is 1430. The van der Waals surface area contributed by atoms with Crippen LogP contribution in [0.4, 0.5) is 0 Å². The molecule has 1 amide bonds. The van der Waals surface area contributed by atoms with Crippen LogP contribution >= 0.6 is 0 Å². The number of carbonyl (C=O) groups is 1. The number of amides is 1. The summed E-state index contributed by atoms with van der Waals surface area (Å²) in [4.78, 5) is 13.2. The molecule has 0 aliphatic carbocycles. The Kier molecular flexibility index (Phi) is 30.4. The van der Waals surface area contributed by atoms with E-state index in [-0.39, 0.29) is 12.3 Å². The van der Waals surface area contributed by atoms with Crippen LogP contribution in [0.3, 0.4) is 0 Å². The zero-order valence-corrected chi connectivity index (χ0v) is 40.0. The molecule has 1 aliphatic heterocycles. The first-order valence-electron chi connectivity index (χ1n) is 25.9. The van der Waals surface area contributed by atoms with Crippen molar-refractivity contribution in [2.75, 3.05) is 13.2 Å². The lowest BCUT2D eigenvalue weighted by molar-refractivity contribution is -0.303. The summed E-state index contributed by atoms with van der Waals surface area (Å²) in [7, 11) is 0. The van der Waals surface area contributed by atoms with E-state index in [1.165, 1.54) is 159 Å². The third-order valence-corrected chi connectivity index (χ3v) is 13.1. The first-order chi connectivity index (χ1) is 31.2. The topological polar surface area (TPSA) is 187 Å². The maximum atomic E-state index is 13.2. The molecule has 3 rings (SSSR count). The zero-order chi connectivity index (χ0) is 46.2. The second-order valence-electron chi connectivity index (χ2n) is 18.8. The fraction of sp³-hybridized carbons (Fsp3) is 0.808. The monoisotopic (exact) mass is 902 g/mol. The molecule has 2 heterocycles. The summed E-state index contributed by atoms with van der Waals surface area (Å²) in [6, 6.07) is 7.29. The lowest BCUT2D eigenvalue weighted by Crippen LogP contribution is -2.60. The number of aliphatic hydroxyl groups excluding tert-OH is 6. The molecule has 0 spiro atoms. The number of ether oxygens (including phenoxy) is 2. The van der Waals surface area contributed by atoms with Gasteiger partial charge in [-0.15, -0.1) is 0 Å². The Labute approximate surface area is 386 Å². The lowest BCUT2D eigenvalue weighted by atomic mass is 9.99. The normalized spacial score (nSPS) is 20.3. The van der Waals surface area contributed by atoms with Gasteiger partial charge in [0.15, 0.2) is 6.29 Å². The number of unbranched alkanes of at least 4 members (excludes halogenated alkanes) is 25. The van der Waals surface area contributed by atoms with E-state index in [2.05, 4.69) is 48.5 Å². The largest absolute Gasteiger partial charge is 0.394 e. The number of carbonyl (C=O) groups excluding carboxylic acids is 1. The highest BCUT2D eigenvalue weighted by molar-refractivity contribution is 5.76. The van der Waals surface area contributed by atoms with E-state index in [9.17, 15) is 35.4 Å². The van der Waals surface area contributed by atoms with Gasteiger partial charge in [-0.1, -0.05) is 199 Å². The number of aromatic nitrogens is 2. The summed E-state index contributed by atoms with van der Waals surface area (Å²) in [6.07, 6.45) is 28.5. The van der Waals surface area contributed by atoms with Crippen LogP contribution in [0.5, 0.6) is 0 Å². The molecule has 1 aromatic heterocycles. The minimum atomic E-state index is -1.65. The van der Waals surface area contributed by atoms with Crippen molar-refractivity contribution in [3.05, 3.63) is 53.3 Å². The molecule has 12 nitrogen and oxygen atoms in total. The van der Waals surface area contributed by atoms with E-state index < -0.39 is 62.2 Å². The highest BCUT2D eigenvalue weighted by Crippen LogP contribution is 2.25. The number of nitrogens with zero attached hydrogens (tertiary/aromatic N) is 2. The van der Waals surface area contributed by atoms with Crippen molar-refractivity contribution in [2.45, 2.75) is 256 Å². The van der Waals surface area contributed by atoms with Crippen LogP contribution in [0, 0.1) is 0 Å². The van der Waals surface area contributed by atoms with Gasteiger partial charge in [-0.05, 0) is 30.4 Å². The van der Waals surface area contributed by atoms with Crippen molar-refractivity contribution in [1.29, 1.82) is 0 Å². The Morgan fingerprint density at radius 3 is 1.64 bits per heavy atom. The lowest BCUT2D eigenvalue weighted by Gasteiger charge is -2.40. The van der Waals surface area contributed by atoms with Crippen molar-refractivity contribution in [1.82, 2.24) is 15.1 Å². The smallest absolute Gasteiger partial charge is 0.220 e. The van der Waals surface area contributed by atoms with Crippen LogP contribution < -0.4 is 5.32 Å². The number of nitrogens with one attached hydrogen (secondary N) is 1. The number of hydrogen-bond donors (Lipinski definition) is 7. The van der Waals surface area contributed by atoms with Crippen molar-refractivity contribution in [3.63, 3.8) is 0 Å². The van der Waals surface area contributed by atoms with Crippen LogP contribution in [-0.2, 0) is 27.2 Å². The van der Waals surface area contributed by atoms with Crippen molar-refractivity contribution < 1.29 is 44.9 Å². The van der Waals surface area contributed by atoms with E-state index in [4.69, 9.17) is 9.47 Å². The maximum absolute atomic E-state index is 13.2. The molecule has 0 saturated carbocycles. The van der Waals surface area contributed by atoms with Crippen molar-refractivity contribution in [3.8, 4) is 0 Å². The summed E-state index contributed by atoms with van der Waals surface area (Å²) < 4.78 is 12.9. The van der Waals surface area contributed by atoms with E-state index in [0.717, 1.165) is 31.2 Å². The summed E-state index contributed by atoms with van der Waals surface area (Å²) >= 11 is 0. The van der Waals surface area contributed by atoms with Gasteiger partial charge in [0.25, 0.3) is 0 Å². The number of aryl methyl sites for hydroxylation is 1. The first-order valence-corrected chi connectivity index (χ1v) is 25.9. The van der Waals surface area contributed by atoms with Gasteiger partial charge in [0, 0.05) is 18.2 Å². The molecule has 368 valence electrons. The Balaban J connectivity index is 1.35. The summed E-state index contributed by atoms with van der Waals surface area (Å²) in [6.45, 7) is 3.93. The summed E-state index contributed by atoms with van der Waals surface area (Å²) in [5.41, 5.74) is 2.69. The van der Waals surface area contributed by atoms with Crippen molar-refractivity contribution >= 4 is 5.91 Å². The first kappa shape index (κ1) is 55.9. The Morgan fingerprint density at radius 1 is 0.672 bits per heavy atom. The molecule has 1 saturated heterocycles. The molecular formula is C52H91N3O9. The van der Waals surface area contributed by atoms with Gasteiger partial charge in [-0.25, -0.2) is 0 Å². The van der Waals surface area contributed by atoms with E-state index in [0.29, 0.717) is 18.5 Å². The molecular weight excluding hydrogens is 811 g/mol. The molecule has 0 unspecified atom stereocenters. The molecule has 1 fully saturated rings. The van der Waals surface area contributed by atoms with Gasteiger partial charge >= 0.3 is 0 Å². The number of aliphatic hydroxyl groups is 6. The SMILES string of the molecule is CCCCCCCCCCCCCCCCCCCCCCCCCC(=O)N[C@@H](CO[C@H]1O[C@H](CO)[C@H](O)[C@H](O)[C@H]1O)[C@H](O)[C@H](O)c1cnn(Cc2ccc(CCCCCC)cc2)c1. The van der Waals surface area contributed by atoms with E-state index in [1.807, 2.05) is 0 Å². The minimum Gasteiger partial charge on any atom is -0.394 e. The van der Waals surface area contributed by atoms with Crippen LogP contribution in [0.25, 0.3) is 0 Å². The average Bonchev–Trinajstić information content (AvgIpc) is 3.77. The van der Waals surface area contributed by atoms with Gasteiger partial charge in [0.05, 0.1) is 32.0 Å². The number of benzene rings is 1. The third-order valence-electron chi connectivity index (χ3n) is 13.1. The summed E-state index contributed by atoms with van der Waals surface area (Å²) in [5.74, 6) is -0.318. The average molecular weight is 902 g/mol. The van der Waals surface area contributed by atoms with Crippen LogP contribution in [0.15, 0.2) is 36.7 Å². The minimum absolute atomic E-state index is 0.230. The molecule has 0 bridgehead atoms. The Morgan fingerprint density at radius 2 is 1.14 bits per heavy atom. The van der Waals surface area contributed by atoms with Crippen LogP contribution in [0.1, 0.15) is 216 Å². The molecule has 8 atom stereocenters. The highest BCUT2D eigenvalue weighted by atomic mass is 16.7. The molecule has 1 aromatic carbocycles. The van der Waals surface area contributed by atoms with E-state index in [1.54, 1.807) is 10.9 Å². The molecule has 2 aromatic rings. The second kappa shape index (κ2) is 34.8. The molecule has 12 heteroatoms. The predicted molar refractivity (Wildman–Crippen MR) is 255 cm³/mol. The van der Waals surface area contributed by atoms with Crippen molar-refractivity contribution in [2.24, 2.45) is 0 Å². The zero-order valence-electron chi connectivity index (χ0n) is 40.0. The maximum Gasteiger partial charge on any atom is 0.220 e. The fourth-order valence-electron chi connectivity index (χ4n) is 8.77. The van der Waals surface area contributed by atoms with Gasteiger partial charge in [-0.3, -0.25) is 9.48 Å². The molecule has 0 radical (unpaired) electrons. The standard InChI is InChI=1S/C52H91N3O9/c1-3-5-7-9-10-11-12-13-14-15-16-17-18-19-20-21-22-23-24-25-26-27-29-31-46(57)54-44(40-63-52-51(62)50(61)49(60)45(39-56)64-52)48(59)47(58)43-36-53-55(38-43)37-42-34-32-41(33-35-42)30-28-8-6-4-2/h32-36,38,44-45,47-52,56,58-62H,3-31,37,39-40H2,1-2H3,(H,54,57)/t44-,45+,47+,48-,49-,50-,51+,52-/m0/s1. The predicted octanol–water partition coefficient (Wildman–Crippen LogP) is 9.13. The molecule has 7 N–H and O–H groups in total. The summed E-state index contributed by atoms with van der Waals surface area (Å²) in [5, 5.41) is 70.6. The van der Waals surface area contributed by atoms with Gasteiger partial charge < -0.3 is 45.4 Å². The quantitative estimate of drug-likeness (QED) is 0.0319. The second-order valence-corrected chi connectivity index (χ2v) is 18.8. The molecule has 64 heavy (non-hydrogen) atoms.